The first kappa shape index (κ1) is 17.7. The summed E-state index contributed by atoms with van der Waals surface area (Å²) < 4.78 is 0.843. The van der Waals surface area contributed by atoms with E-state index in [2.05, 4.69) is 31.2 Å². The van der Waals surface area contributed by atoms with Gasteiger partial charge in [0.05, 0.1) is 28.7 Å². The van der Waals surface area contributed by atoms with Crippen molar-refractivity contribution in [1.29, 1.82) is 0 Å². The lowest BCUT2D eigenvalue weighted by molar-refractivity contribution is -0.126. The number of carbonyl (C=O) groups excluding carboxylic acids is 2. The van der Waals surface area contributed by atoms with E-state index in [1.54, 1.807) is 4.90 Å². The number of imidazole rings is 1. The smallest absolute Gasteiger partial charge is 0.227 e. The summed E-state index contributed by atoms with van der Waals surface area (Å²) >= 11 is 3.47. The van der Waals surface area contributed by atoms with Crippen molar-refractivity contribution in [1.82, 2.24) is 15.3 Å². The summed E-state index contributed by atoms with van der Waals surface area (Å²) in [5.74, 6) is 0.150. The molecule has 0 spiro atoms. The second-order valence-corrected chi connectivity index (χ2v) is 7.58. The van der Waals surface area contributed by atoms with E-state index in [1.165, 1.54) is 0 Å². The van der Waals surface area contributed by atoms with Gasteiger partial charge < -0.3 is 15.2 Å². The lowest BCUT2D eigenvalue weighted by Gasteiger charge is -2.19. The molecule has 0 radical (unpaired) electrons. The Morgan fingerprint density at radius 1 is 1.26 bits per heavy atom. The van der Waals surface area contributed by atoms with Crippen LogP contribution in [0.1, 0.15) is 25.2 Å². The predicted molar refractivity (Wildman–Crippen MR) is 107 cm³/mol. The van der Waals surface area contributed by atoms with Gasteiger partial charge in [-0.2, -0.15) is 0 Å². The molecule has 4 rings (SSSR count). The molecule has 2 aromatic carbocycles. The molecule has 6 nitrogen and oxygen atoms in total. The minimum absolute atomic E-state index is 0.0431. The number of hydrogen-bond donors (Lipinski definition) is 2. The van der Waals surface area contributed by atoms with Gasteiger partial charge in [0.1, 0.15) is 5.82 Å². The van der Waals surface area contributed by atoms with Crippen molar-refractivity contribution in [3.05, 3.63) is 58.8 Å². The van der Waals surface area contributed by atoms with Crippen LogP contribution < -0.4 is 10.2 Å². The number of H-pyrrole nitrogens is 1. The molecule has 1 saturated heterocycles. The molecule has 0 bridgehead atoms. The van der Waals surface area contributed by atoms with Crippen molar-refractivity contribution < 1.29 is 9.59 Å². The van der Waals surface area contributed by atoms with Gasteiger partial charge in [-0.05, 0) is 47.1 Å². The Labute approximate surface area is 165 Å². The van der Waals surface area contributed by atoms with Crippen molar-refractivity contribution in [2.75, 3.05) is 11.4 Å². The molecular formula is C20H19BrN4O2. The van der Waals surface area contributed by atoms with E-state index in [0.717, 1.165) is 21.2 Å². The maximum Gasteiger partial charge on any atom is 0.227 e. The standard InChI is InChI=1S/C20H19BrN4O2/c1-12(19-23-15-7-3-4-8-16(15)24-19)22-20(27)13-10-18(26)25(11-13)17-9-5-2-6-14(17)21/h2-9,12-13H,10-11H2,1H3,(H,22,27)(H,23,24)/t12-,13-/m1/s1. The van der Waals surface area contributed by atoms with E-state index >= 15 is 0 Å². The molecule has 0 aliphatic carbocycles. The van der Waals surface area contributed by atoms with E-state index in [4.69, 9.17) is 0 Å². The molecule has 3 aromatic rings. The van der Waals surface area contributed by atoms with Crippen LogP contribution in [-0.4, -0.2) is 28.3 Å². The summed E-state index contributed by atoms with van der Waals surface area (Å²) in [6, 6.07) is 15.0. The first-order valence-corrected chi connectivity index (χ1v) is 9.62. The highest BCUT2D eigenvalue weighted by atomic mass is 79.9. The van der Waals surface area contributed by atoms with Gasteiger partial charge in [0, 0.05) is 17.4 Å². The molecule has 1 aliphatic heterocycles. The number of benzene rings is 2. The first-order chi connectivity index (χ1) is 13.0. The molecule has 1 fully saturated rings. The Morgan fingerprint density at radius 3 is 2.78 bits per heavy atom. The van der Waals surface area contributed by atoms with Crippen LogP contribution in [0.2, 0.25) is 0 Å². The van der Waals surface area contributed by atoms with Crippen LogP contribution in [0.3, 0.4) is 0 Å². The fourth-order valence-corrected chi connectivity index (χ4v) is 3.86. The summed E-state index contributed by atoms with van der Waals surface area (Å²) in [6.45, 7) is 2.26. The quantitative estimate of drug-likeness (QED) is 0.669. The summed E-state index contributed by atoms with van der Waals surface area (Å²) in [6.07, 6.45) is 0.208. The fourth-order valence-electron chi connectivity index (χ4n) is 3.36. The topological polar surface area (TPSA) is 78.1 Å². The van der Waals surface area contributed by atoms with Gasteiger partial charge in [-0.25, -0.2) is 4.98 Å². The normalized spacial score (nSPS) is 18.1. The molecule has 0 saturated carbocycles. The minimum atomic E-state index is -0.378. The number of nitrogens with one attached hydrogen (secondary N) is 2. The molecular weight excluding hydrogens is 408 g/mol. The zero-order valence-corrected chi connectivity index (χ0v) is 16.4. The van der Waals surface area contributed by atoms with E-state index < -0.39 is 0 Å². The molecule has 2 heterocycles. The third-order valence-corrected chi connectivity index (χ3v) is 5.49. The van der Waals surface area contributed by atoms with Crippen molar-refractivity contribution in [3.8, 4) is 0 Å². The third-order valence-electron chi connectivity index (χ3n) is 4.82. The Kier molecular flexibility index (Phi) is 4.70. The largest absolute Gasteiger partial charge is 0.346 e. The number of aromatic nitrogens is 2. The fraction of sp³-hybridized carbons (Fsp3) is 0.250. The maximum atomic E-state index is 12.7. The van der Waals surface area contributed by atoms with Gasteiger partial charge in [0.15, 0.2) is 0 Å². The SMILES string of the molecule is C[C@@H](NC(=O)[C@@H]1CC(=O)N(c2ccccc2Br)C1)c1nc2ccccc2[nH]1. The molecule has 0 unspecified atom stereocenters. The maximum absolute atomic E-state index is 12.7. The average Bonchev–Trinajstić information content (AvgIpc) is 3.26. The lowest BCUT2D eigenvalue weighted by Crippen LogP contribution is -2.35. The molecule has 2 amide bonds. The second-order valence-electron chi connectivity index (χ2n) is 6.73. The van der Waals surface area contributed by atoms with Crippen molar-refractivity contribution in [2.45, 2.75) is 19.4 Å². The van der Waals surface area contributed by atoms with Crippen LogP contribution in [-0.2, 0) is 9.59 Å². The van der Waals surface area contributed by atoms with Gasteiger partial charge in [0.2, 0.25) is 11.8 Å². The number of hydrogen-bond acceptors (Lipinski definition) is 3. The average molecular weight is 427 g/mol. The number of halogens is 1. The second kappa shape index (κ2) is 7.15. The van der Waals surface area contributed by atoms with Gasteiger partial charge >= 0.3 is 0 Å². The van der Waals surface area contributed by atoms with Gasteiger partial charge in [0.25, 0.3) is 0 Å². The number of nitrogens with zero attached hydrogens (tertiary/aromatic N) is 2. The molecule has 2 atom stereocenters. The number of carbonyl (C=O) groups is 2. The monoisotopic (exact) mass is 426 g/mol. The van der Waals surface area contributed by atoms with Crippen molar-refractivity contribution in [3.63, 3.8) is 0 Å². The van der Waals surface area contributed by atoms with E-state index in [0.29, 0.717) is 12.4 Å². The number of anilines is 1. The highest BCUT2D eigenvalue weighted by molar-refractivity contribution is 9.10. The van der Waals surface area contributed by atoms with Crippen LogP contribution >= 0.6 is 15.9 Å². The summed E-state index contributed by atoms with van der Waals surface area (Å²) in [5.41, 5.74) is 2.60. The van der Waals surface area contributed by atoms with Crippen LogP contribution in [0.25, 0.3) is 11.0 Å². The molecule has 1 aromatic heterocycles. The van der Waals surface area contributed by atoms with E-state index in [1.807, 2.05) is 55.5 Å². The van der Waals surface area contributed by atoms with E-state index in [9.17, 15) is 9.59 Å². The molecule has 2 N–H and O–H groups in total. The van der Waals surface area contributed by atoms with Crippen LogP contribution in [0, 0.1) is 5.92 Å². The molecule has 27 heavy (non-hydrogen) atoms. The number of fused-ring (bicyclic) bond motifs is 1. The number of rotatable bonds is 4. The van der Waals surface area contributed by atoms with Crippen LogP contribution in [0.15, 0.2) is 53.0 Å². The summed E-state index contributed by atoms with van der Waals surface area (Å²) in [4.78, 5) is 34.6. The predicted octanol–water partition coefficient (Wildman–Crippen LogP) is 3.56. The van der Waals surface area contributed by atoms with Gasteiger partial charge in [-0.3, -0.25) is 9.59 Å². The molecule has 7 heteroatoms. The Bertz CT molecular complexity index is 983. The van der Waals surface area contributed by atoms with Gasteiger partial charge in [-0.15, -0.1) is 0 Å². The zero-order valence-electron chi connectivity index (χ0n) is 14.8. The Morgan fingerprint density at radius 2 is 2.00 bits per heavy atom. The number of amides is 2. The highest BCUT2D eigenvalue weighted by Gasteiger charge is 2.36. The van der Waals surface area contributed by atoms with Crippen molar-refractivity contribution >= 4 is 44.5 Å². The molecule has 138 valence electrons. The van der Waals surface area contributed by atoms with Crippen LogP contribution in [0.4, 0.5) is 5.69 Å². The van der Waals surface area contributed by atoms with Gasteiger partial charge in [-0.1, -0.05) is 24.3 Å². The minimum Gasteiger partial charge on any atom is -0.346 e. The third kappa shape index (κ3) is 3.47. The van der Waals surface area contributed by atoms with E-state index in [-0.39, 0.29) is 30.2 Å². The highest BCUT2D eigenvalue weighted by Crippen LogP contribution is 2.31. The Hall–Kier alpha value is -2.67. The lowest BCUT2D eigenvalue weighted by atomic mass is 10.1. The molecule has 1 aliphatic rings. The zero-order chi connectivity index (χ0) is 19.0. The number of para-hydroxylation sites is 3. The first-order valence-electron chi connectivity index (χ1n) is 8.83. The van der Waals surface area contributed by atoms with Crippen molar-refractivity contribution in [2.24, 2.45) is 5.92 Å². The van der Waals surface area contributed by atoms with Crippen LogP contribution in [0.5, 0.6) is 0 Å². The summed E-state index contributed by atoms with van der Waals surface area (Å²) in [7, 11) is 0. The summed E-state index contributed by atoms with van der Waals surface area (Å²) in [5, 5.41) is 2.98. The Balaban J connectivity index is 1.45. The number of aromatic amines is 1.